The molecule has 6 rings (SSSR count). The van der Waals surface area contributed by atoms with Crippen LogP contribution >= 0.6 is 0 Å². The van der Waals surface area contributed by atoms with Gasteiger partial charge in [0.1, 0.15) is 11.8 Å². The van der Waals surface area contributed by atoms with E-state index in [2.05, 4.69) is 68.5 Å². The van der Waals surface area contributed by atoms with Gasteiger partial charge in [0, 0.05) is 49.5 Å². The van der Waals surface area contributed by atoms with Crippen LogP contribution in [0.5, 0.6) is 0 Å². The van der Waals surface area contributed by atoms with Crippen LogP contribution in [-0.4, -0.2) is 65.1 Å². The number of aromatic nitrogens is 4. The Morgan fingerprint density at radius 1 is 1.18 bits per heavy atom. The lowest BCUT2D eigenvalue weighted by molar-refractivity contribution is 0.0777. The Morgan fingerprint density at radius 3 is 2.60 bits per heavy atom. The summed E-state index contributed by atoms with van der Waals surface area (Å²) in [6, 6.07) is 10.4. The number of nitriles is 1. The maximum atomic E-state index is 13.5. The van der Waals surface area contributed by atoms with E-state index in [0.29, 0.717) is 41.9 Å². The number of likely N-dealkylation sites (tertiary alicyclic amines) is 1. The number of amides is 1. The predicted octanol–water partition coefficient (Wildman–Crippen LogP) is 7.01. The maximum absolute atomic E-state index is 13.5. The molecule has 0 radical (unpaired) electrons. The second kappa shape index (κ2) is 11.9. The van der Waals surface area contributed by atoms with Gasteiger partial charge in [-0.1, -0.05) is 40.5 Å². The zero-order chi connectivity index (χ0) is 32.0. The van der Waals surface area contributed by atoms with Crippen LogP contribution in [0, 0.1) is 11.3 Å². The molecular formula is C34H46N8O2Si. The first kappa shape index (κ1) is 31.2. The average Bonchev–Trinajstić information content (AvgIpc) is 3.83. The van der Waals surface area contributed by atoms with Crippen molar-refractivity contribution in [3.63, 3.8) is 0 Å². The van der Waals surface area contributed by atoms with Gasteiger partial charge in [-0.05, 0) is 67.6 Å². The van der Waals surface area contributed by atoms with Crippen LogP contribution in [-0.2, 0) is 9.84 Å². The molecule has 3 aromatic rings. The summed E-state index contributed by atoms with van der Waals surface area (Å²) in [7, 11) is -1.96. The molecule has 1 atom stereocenters. The molecule has 1 aliphatic carbocycles. The molecule has 11 heteroatoms. The van der Waals surface area contributed by atoms with E-state index in [1.807, 2.05) is 27.8 Å². The third-order valence-electron chi connectivity index (χ3n) is 10.3. The molecule has 0 spiro atoms. The van der Waals surface area contributed by atoms with Crippen LogP contribution in [0.4, 0.5) is 17.5 Å². The Bertz CT molecular complexity index is 1630. The third-order valence-corrected chi connectivity index (χ3v) is 14.8. The minimum Gasteiger partial charge on any atom is -0.416 e. The number of hydrogen-bond donors (Lipinski definition) is 2. The summed E-state index contributed by atoms with van der Waals surface area (Å²) in [4.78, 5) is 24.7. The Balaban J connectivity index is 1.28. The van der Waals surface area contributed by atoms with E-state index in [4.69, 9.17) is 14.5 Å². The van der Waals surface area contributed by atoms with E-state index in [-0.39, 0.29) is 22.4 Å². The van der Waals surface area contributed by atoms with Crippen LogP contribution in [0.2, 0.25) is 18.1 Å². The minimum absolute atomic E-state index is 0.0472. The molecule has 238 valence electrons. The van der Waals surface area contributed by atoms with Crippen molar-refractivity contribution in [2.75, 3.05) is 36.9 Å². The molecule has 1 amide bonds. The highest BCUT2D eigenvalue weighted by Crippen LogP contribution is 2.44. The standard InChI is InChI=1S/C34H46N8O2Si/c1-33(2,3)45(5,6)44-22-34(4)21-37-30-24(20-35)17-23(18-26(30)34)27-13-14-36-32(38-27)39-29-19-28(31(43)41-15-9-10-16-41)42(40-29)25-11-7-8-12-25/h13-14,17-19,25,37H,7-12,15-16,21-22H2,1-6H3,(H,36,38,39,40)/t34-/m1/s1. The first-order chi connectivity index (χ1) is 21.4. The summed E-state index contributed by atoms with van der Waals surface area (Å²) in [6.45, 7) is 16.4. The van der Waals surface area contributed by atoms with Crippen molar-refractivity contribution in [3.05, 3.63) is 47.3 Å². The number of nitrogens with one attached hydrogen (secondary N) is 2. The van der Waals surface area contributed by atoms with Crippen molar-refractivity contribution in [1.82, 2.24) is 24.6 Å². The quantitative estimate of drug-likeness (QED) is 0.256. The molecule has 1 aromatic carbocycles. The first-order valence-electron chi connectivity index (χ1n) is 16.3. The molecule has 10 nitrogen and oxygen atoms in total. The third kappa shape index (κ3) is 6.10. The lowest BCUT2D eigenvalue weighted by Crippen LogP contribution is -2.45. The zero-order valence-corrected chi connectivity index (χ0v) is 28.5. The van der Waals surface area contributed by atoms with Gasteiger partial charge < -0.3 is 20.0 Å². The second-order valence-corrected chi connectivity index (χ2v) is 19.5. The summed E-state index contributed by atoms with van der Waals surface area (Å²) in [6.07, 6.45) is 8.17. The summed E-state index contributed by atoms with van der Waals surface area (Å²) >= 11 is 0. The van der Waals surface area contributed by atoms with Gasteiger partial charge in [0.15, 0.2) is 14.1 Å². The number of rotatable bonds is 8. The van der Waals surface area contributed by atoms with Crippen LogP contribution in [0.15, 0.2) is 30.5 Å². The smallest absolute Gasteiger partial charge is 0.272 e. The summed E-state index contributed by atoms with van der Waals surface area (Å²) < 4.78 is 8.61. The molecule has 1 saturated heterocycles. The fourth-order valence-corrected chi connectivity index (χ4v) is 7.54. The molecule has 2 aliphatic heterocycles. The van der Waals surface area contributed by atoms with Crippen molar-refractivity contribution in [1.29, 1.82) is 5.26 Å². The van der Waals surface area contributed by atoms with E-state index in [0.717, 1.165) is 68.4 Å². The molecule has 2 fully saturated rings. The number of carbonyl (C=O) groups excluding carboxylic acids is 1. The van der Waals surface area contributed by atoms with E-state index in [1.165, 1.54) is 0 Å². The van der Waals surface area contributed by atoms with Crippen molar-refractivity contribution in [2.45, 2.75) is 95.8 Å². The normalized spacial score (nSPS) is 20.2. The monoisotopic (exact) mass is 626 g/mol. The summed E-state index contributed by atoms with van der Waals surface area (Å²) in [5.74, 6) is 1.00. The van der Waals surface area contributed by atoms with Crippen molar-refractivity contribution in [3.8, 4) is 17.3 Å². The van der Waals surface area contributed by atoms with Gasteiger partial charge in [-0.3, -0.25) is 9.48 Å². The molecule has 2 N–H and O–H groups in total. The first-order valence-corrected chi connectivity index (χ1v) is 19.3. The van der Waals surface area contributed by atoms with Crippen molar-refractivity contribution < 1.29 is 9.22 Å². The molecule has 1 saturated carbocycles. The van der Waals surface area contributed by atoms with E-state index in [1.54, 1.807) is 6.20 Å². The van der Waals surface area contributed by atoms with Crippen molar-refractivity contribution >= 4 is 31.7 Å². The predicted molar refractivity (Wildman–Crippen MR) is 179 cm³/mol. The Labute approximate surface area is 267 Å². The number of benzene rings is 1. The molecule has 4 heterocycles. The van der Waals surface area contributed by atoms with E-state index >= 15 is 0 Å². The highest BCUT2D eigenvalue weighted by molar-refractivity contribution is 6.74. The van der Waals surface area contributed by atoms with Gasteiger partial charge in [0.05, 0.1) is 23.0 Å². The number of anilines is 3. The molecule has 0 unspecified atom stereocenters. The van der Waals surface area contributed by atoms with Gasteiger partial charge in [-0.15, -0.1) is 0 Å². The maximum Gasteiger partial charge on any atom is 0.272 e. The molecule has 2 aromatic heterocycles. The second-order valence-electron chi connectivity index (χ2n) is 14.7. The van der Waals surface area contributed by atoms with Gasteiger partial charge >= 0.3 is 0 Å². The number of nitrogens with zero attached hydrogens (tertiary/aromatic N) is 6. The number of fused-ring (bicyclic) bond motifs is 1. The lowest BCUT2D eigenvalue weighted by atomic mass is 9.83. The minimum atomic E-state index is -1.96. The molecule has 45 heavy (non-hydrogen) atoms. The molecular weight excluding hydrogens is 581 g/mol. The SMILES string of the molecule is CC(C)(C)[Si](C)(C)OC[C@@]1(C)CNc2c(C#N)cc(-c3ccnc(Nc4cc(C(=O)N5CCCC5)n(C5CCCC5)n4)n3)cc21. The summed E-state index contributed by atoms with van der Waals surface area (Å²) in [5, 5.41) is 21.8. The van der Waals surface area contributed by atoms with Gasteiger partial charge in [-0.2, -0.15) is 10.4 Å². The highest BCUT2D eigenvalue weighted by Gasteiger charge is 2.42. The number of carbonyl (C=O) groups is 1. The van der Waals surface area contributed by atoms with Crippen LogP contribution in [0.1, 0.15) is 93.9 Å². The van der Waals surface area contributed by atoms with Gasteiger partial charge in [0.2, 0.25) is 5.95 Å². The Kier molecular flexibility index (Phi) is 8.24. The van der Waals surface area contributed by atoms with Gasteiger partial charge in [-0.25, -0.2) is 9.97 Å². The summed E-state index contributed by atoms with van der Waals surface area (Å²) in [5.41, 5.74) is 4.44. The van der Waals surface area contributed by atoms with E-state index < -0.39 is 8.32 Å². The average molecular weight is 627 g/mol. The van der Waals surface area contributed by atoms with Crippen LogP contribution < -0.4 is 10.6 Å². The van der Waals surface area contributed by atoms with Gasteiger partial charge in [0.25, 0.3) is 5.91 Å². The Hall–Kier alpha value is -3.75. The fourth-order valence-electron chi connectivity index (χ4n) is 6.43. The highest BCUT2D eigenvalue weighted by atomic mass is 28.4. The van der Waals surface area contributed by atoms with Crippen molar-refractivity contribution in [2.24, 2.45) is 0 Å². The number of hydrogen-bond acceptors (Lipinski definition) is 8. The topological polar surface area (TPSA) is 121 Å². The van der Waals surface area contributed by atoms with Crippen LogP contribution in [0.3, 0.4) is 0 Å². The zero-order valence-electron chi connectivity index (χ0n) is 27.5. The largest absolute Gasteiger partial charge is 0.416 e. The molecule has 3 aliphatic rings. The fraction of sp³-hybridized carbons (Fsp3) is 0.559. The molecule has 0 bridgehead atoms. The van der Waals surface area contributed by atoms with E-state index in [9.17, 15) is 10.1 Å². The Morgan fingerprint density at radius 2 is 1.91 bits per heavy atom. The van der Waals surface area contributed by atoms with Crippen LogP contribution in [0.25, 0.3) is 11.3 Å². The lowest BCUT2D eigenvalue weighted by Gasteiger charge is -2.39.